The number of rotatable bonds is 8. The molecule has 0 radical (unpaired) electrons. The zero-order valence-corrected chi connectivity index (χ0v) is 25.7. The van der Waals surface area contributed by atoms with Crippen LogP contribution in [0, 0.1) is 0 Å². The highest BCUT2D eigenvalue weighted by Gasteiger charge is 2.44. The predicted molar refractivity (Wildman–Crippen MR) is 168 cm³/mol. The summed E-state index contributed by atoms with van der Waals surface area (Å²) >= 11 is 2.27. The van der Waals surface area contributed by atoms with Crippen molar-refractivity contribution in [1.29, 1.82) is 0 Å². The maximum absolute atomic E-state index is 13.4. The molecule has 2 saturated heterocycles. The summed E-state index contributed by atoms with van der Waals surface area (Å²) < 4.78 is 22.6. The first-order valence-electron chi connectivity index (χ1n) is 13.6. The summed E-state index contributed by atoms with van der Waals surface area (Å²) in [5, 5.41) is 0. The minimum Gasteiger partial charge on any atom is -0.493 e. The Kier molecular flexibility index (Phi) is 7.46. The smallest absolute Gasteiger partial charge is 0.257 e. The third-order valence-corrected chi connectivity index (χ3v) is 8.98. The van der Waals surface area contributed by atoms with Crippen LogP contribution < -0.4 is 18.9 Å². The molecule has 0 aliphatic carbocycles. The van der Waals surface area contributed by atoms with Crippen LogP contribution in [-0.4, -0.2) is 84.2 Å². The lowest BCUT2D eigenvalue weighted by atomic mass is 10.1. The second-order valence-corrected chi connectivity index (χ2v) is 12.6. The Bertz CT molecular complexity index is 1570. The molecule has 218 valence electrons. The van der Waals surface area contributed by atoms with Crippen molar-refractivity contribution in [2.45, 2.75) is 28.8 Å². The molecule has 0 unspecified atom stereocenters. The SMILES string of the molecule is C=C1C[C@H]2C=Nc3cc(OCCCOc4cc5c(cc4OC)C(=O)N4CC(=C)C[C@@]4(I)C=N5)c(OC)cc3C(=O)N2C1. The average Bonchev–Trinajstić information content (AvgIpc) is 3.44. The van der Waals surface area contributed by atoms with E-state index >= 15 is 0 Å². The molecule has 0 aromatic heterocycles. The van der Waals surface area contributed by atoms with Gasteiger partial charge < -0.3 is 28.7 Å². The van der Waals surface area contributed by atoms with Gasteiger partial charge in [0.05, 0.1) is 56.0 Å². The summed E-state index contributed by atoms with van der Waals surface area (Å²) in [6, 6.07) is 6.77. The maximum Gasteiger partial charge on any atom is 0.257 e. The van der Waals surface area contributed by atoms with Crippen molar-refractivity contribution in [2.24, 2.45) is 9.98 Å². The molecule has 42 heavy (non-hydrogen) atoms. The number of benzene rings is 2. The third-order valence-electron chi connectivity index (χ3n) is 7.74. The topological polar surface area (TPSA) is 102 Å². The van der Waals surface area contributed by atoms with E-state index in [1.165, 1.54) is 0 Å². The number of hydrogen-bond donors (Lipinski definition) is 0. The van der Waals surface area contributed by atoms with Crippen molar-refractivity contribution >= 4 is 58.2 Å². The third kappa shape index (κ3) is 5.03. The molecule has 0 saturated carbocycles. The second kappa shape index (κ2) is 11.1. The molecule has 2 aromatic rings. The number of ether oxygens (including phenoxy) is 4. The van der Waals surface area contributed by atoms with E-state index in [0.29, 0.717) is 84.6 Å². The molecule has 6 rings (SSSR count). The van der Waals surface area contributed by atoms with Gasteiger partial charge in [0, 0.05) is 50.5 Å². The van der Waals surface area contributed by atoms with Crippen LogP contribution >= 0.6 is 22.6 Å². The van der Waals surface area contributed by atoms with Gasteiger partial charge in [0.15, 0.2) is 23.0 Å². The van der Waals surface area contributed by atoms with Crippen molar-refractivity contribution in [3.8, 4) is 23.0 Å². The number of halogens is 1. The second-order valence-electron chi connectivity index (χ2n) is 10.7. The number of hydrogen-bond acceptors (Lipinski definition) is 8. The first kappa shape index (κ1) is 28.3. The van der Waals surface area contributed by atoms with Gasteiger partial charge in [-0.25, -0.2) is 0 Å². The number of nitrogens with zero attached hydrogens (tertiary/aromatic N) is 4. The van der Waals surface area contributed by atoms with Crippen LogP contribution in [0.2, 0.25) is 0 Å². The van der Waals surface area contributed by atoms with Crippen molar-refractivity contribution in [3.63, 3.8) is 0 Å². The molecule has 0 N–H and O–H groups in total. The molecular formula is C31H31IN4O6. The summed E-state index contributed by atoms with van der Waals surface area (Å²) in [6.45, 7) is 9.78. The Morgan fingerprint density at radius 3 is 2.14 bits per heavy atom. The van der Waals surface area contributed by atoms with Crippen molar-refractivity contribution < 1.29 is 28.5 Å². The quantitative estimate of drug-likeness (QED) is 0.123. The summed E-state index contributed by atoms with van der Waals surface area (Å²) in [5.74, 6) is 1.70. The Balaban J connectivity index is 1.12. The molecule has 11 heteroatoms. The minimum absolute atomic E-state index is 0.0847. The van der Waals surface area contributed by atoms with Crippen molar-refractivity contribution in [3.05, 3.63) is 59.7 Å². The largest absolute Gasteiger partial charge is 0.493 e. The Hall–Kier alpha value is -3.87. The summed E-state index contributed by atoms with van der Waals surface area (Å²) in [7, 11) is 3.08. The van der Waals surface area contributed by atoms with Crippen molar-refractivity contribution in [2.75, 3.05) is 40.5 Å². The van der Waals surface area contributed by atoms with E-state index in [9.17, 15) is 9.59 Å². The van der Waals surface area contributed by atoms with E-state index in [-0.39, 0.29) is 17.9 Å². The normalized spacial score (nSPS) is 22.3. The number of amides is 2. The fraction of sp³-hybridized carbons (Fsp3) is 0.355. The molecule has 2 aromatic carbocycles. The average molecular weight is 683 g/mol. The summed E-state index contributed by atoms with van der Waals surface area (Å²) in [6.07, 6.45) is 5.55. The highest BCUT2D eigenvalue weighted by Crippen LogP contribution is 2.44. The Morgan fingerprint density at radius 1 is 0.881 bits per heavy atom. The van der Waals surface area contributed by atoms with E-state index < -0.39 is 3.55 Å². The minimum atomic E-state index is -0.530. The van der Waals surface area contributed by atoms with E-state index in [2.05, 4.69) is 45.7 Å². The highest BCUT2D eigenvalue weighted by atomic mass is 127. The standard InChI is InChI=1S/C31H31IN4O6/c1-18-8-20-14-33-23-11-27(25(39-3)9-21(23)29(37)35(20)15-18)41-6-5-7-42-28-12-24-22(10-26(28)40-4)30(38)36-16-19(2)13-31(36,32)17-34-24/h9-12,14,17,20H,1-2,5-8,13,15-16H2,3-4H3/t20-,31-/m0/s1. The number of fused-ring (bicyclic) bond motifs is 4. The van der Waals surface area contributed by atoms with E-state index in [4.69, 9.17) is 18.9 Å². The van der Waals surface area contributed by atoms with Crippen LogP contribution in [0.4, 0.5) is 11.4 Å². The van der Waals surface area contributed by atoms with Gasteiger partial charge in [0.25, 0.3) is 11.8 Å². The van der Waals surface area contributed by atoms with Crippen LogP contribution in [0.15, 0.2) is 58.6 Å². The summed E-state index contributed by atoms with van der Waals surface area (Å²) in [4.78, 5) is 39.4. The van der Waals surface area contributed by atoms with Gasteiger partial charge in [-0.2, -0.15) is 0 Å². The van der Waals surface area contributed by atoms with E-state index in [0.717, 1.165) is 17.6 Å². The van der Waals surface area contributed by atoms with Gasteiger partial charge in [-0.1, -0.05) is 24.3 Å². The van der Waals surface area contributed by atoms with E-state index in [1.54, 1.807) is 54.5 Å². The first-order valence-corrected chi connectivity index (χ1v) is 14.7. The van der Waals surface area contributed by atoms with Crippen LogP contribution in [-0.2, 0) is 0 Å². The van der Waals surface area contributed by atoms with Gasteiger partial charge in [-0.05, 0) is 41.1 Å². The molecule has 0 bridgehead atoms. The molecule has 2 atom stereocenters. The monoisotopic (exact) mass is 682 g/mol. The highest BCUT2D eigenvalue weighted by molar-refractivity contribution is 14.1. The number of methoxy groups -OCH3 is 2. The van der Waals surface area contributed by atoms with Crippen LogP contribution in [0.5, 0.6) is 23.0 Å². The molecule has 0 spiro atoms. The first-order chi connectivity index (χ1) is 20.2. The zero-order chi connectivity index (χ0) is 29.6. The molecule has 4 heterocycles. The van der Waals surface area contributed by atoms with Gasteiger partial charge in [0.2, 0.25) is 0 Å². The van der Waals surface area contributed by atoms with Crippen LogP contribution in [0.25, 0.3) is 0 Å². The molecule has 2 fully saturated rings. The number of alkyl halides is 1. The summed E-state index contributed by atoms with van der Waals surface area (Å²) in [5.41, 5.74) is 4.05. The van der Waals surface area contributed by atoms with Crippen LogP contribution in [0.3, 0.4) is 0 Å². The molecular weight excluding hydrogens is 651 g/mol. The molecule has 4 aliphatic heterocycles. The Labute approximate surface area is 257 Å². The number of aliphatic imine (C=N–C) groups is 2. The Morgan fingerprint density at radius 2 is 1.50 bits per heavy atom. The van der Waals surface area contributed by atoms with Crippen LogP contribution in [0.1, 0.15) is 40.0 Å². The number of carbonyl (C=O) groups is 2. The fourth-order valence-corrected chi connectivity index (χ4v) is 6.72. The molecule has 2 amide bonds. The van der Waals surface area contributed by atoms with E-state index in [1.807, 2.05) is 6.21 Å². The molecule has 10 nitrogen and oxygen atoms in total. The molecule has 4 aliphatic rings. The lowest BCUT2D eigenvalue weighted by Gasteiger charge is -2.28. The number of carbonyl (C=O) groups excluding carboxylic acids is 2. The van der Waals surface area contributed by atoms with Gasteiger partial charge in [0.1, 0.15) is 3.55 Å². The fourth-order valence-electron chi connectivity index (χ4n) is 5.65. The van der Waals surface area contributed by atoms with Crippen molar-refractivity contribution in [1.82, 2.24) is 9.80 Å². The lowest BCUT2D eigenvalue weighted by Crippen LogP contribution is -2.42. The predicted octanol–water partition coefficient (Wildman–Crippen LogP) is 5.29. The van der Waals surface area contributed by atoms with Gasteiger partial charge >= 0.3 is 0 Å². The van der Waals surface area contributed by atoms with Gasteiger partial charge in [-0.3, -0.25) is 19.6 Å². The zero-order valence-electron chi connectivity index (χ0n) is 23.5. The van der Waals surface area contributed by atoms with Gasteiger partial charge in [-0.15, -0.1) is 0 Å². The maximum atomic E-state index is 13.4. The lowest BCUT2D eigenvalue weighted by molar-refractivity contribution is 0.0765.